The summed E-state index contributed by atoms with van der Waals surface area (Å²) in [5.41, 5.74) is 0. The minimum atomic E-state index is -4.03. The monoisotopic (exact) mass is 500 g/mol. The number of unbranched alkanes of at least 4 members (excludes halogenated alkanes) is 18. The maximum atomic E-state index is 10.5. The van der Waals surface area contributed by atoms with Gasteiger partial charge in [-0.2, -0.15) is 0 Å². The van der Waals surface area contributed by atoms with Gasteiger partial charge in [-0.25, -0.2) is 16.8 Å². The molecule has 0 aliphatic heterocycles. The van der Waals surface area contributed by atoms with Crippen LogP contribution in [0.5, 0.6) is 0 Å². The molecule has 0 spiro atoms. The molecule has 0 atom stereocenters. The first-order valence-electron chi connectivity index (χ1n) is 11.6. The maximum absolute atomic E-state index is 10.5. The van der Waals surface area contributed by atoms with Crippen LogP contribution in [0.4, 0.5) is 0 Å². The summed E-state index contributed by atoms with van der Waals surface area (Å²) in [5.74, 6) is -0.435. The van der Waals surface area contributed by atoms with Crippen molar-refractivity contribution in [1.82, 2.24) is 0 Å². The molecule has 0 bridgehead atoms. The summed E-state index contributed by atoms with van der Waals surface area (Å²) in [7, 11) is -8.06. The number of hydrogen-bond donors (Lipinski definition) is 0. The van der Waals surface area contributed by atoms with Crippen LogP contribution in [0.3, 0.4) is 0 Å². The van der Waals surface area contributed by atoms with Gasteiger partial charge in [-0.1, -0.05) is 109 Å². The smallest absolute Gasteiger partial charge is 0.748 e. The summed E-state index contributed by atoms with van der Waals surface area (Å²) < 4.78 is 62.8. The Morgan fingerprint density at radius 1 is 0.323 bits per heavy atom. The molecule has 0 saturated carbocycles. The van der Waals surface area contributed by atoms with Gasteiger partial charge in [0.25, 0.3) is 0 Å². The van der Waals surface area contributed by atoms with Gasteiger partial charge in [0.15, 0.2) is 0 Å². The van der Waals surface area contributed by atoms with Gasteiger partial charge in [0.1, 0.15) is 0 Å². The first-order valence-corrected chi connectivity index (χ1v) is 14.7. The second kappa shape index (κ2) is 24.9. The predicted molar refractivity (Wildman–Crippen MR) is 117 cm³/mol. The van der Waals surface area contributed by atoms with Crippen LogP contribution in [0.2, 0.25) is 0 Å². The van der Waals surface area contributed by atoms with Crippen molar-refractivity contribution in [1.29, 1.82) is 0 Å². The Kier molecular flexibility index (Phi) is 30.1. The third-order valence-corrected chi connectivity index (χ3v) is 6.87. The van der Waals surface area contributed by atoms with Gasteiger partial charge < -0.3 is 9.11 Å². The fraction of sp³-hybridized carbons (Fsp3) is 1.00. The van der Waals surface area contributed by atoms with Crippen molar-refractivity contribution >= 4 is 20.2 Å². The molecule has 0 aromatic heterocycles. The van der Waals surface area contributed by atoms with E-state index in [4.69, 9.17) is 0 Å². The van der Waals surface area contributed by atoms with Crippen molar-refractivity contribution in [2.75, 3.05) is 11.5 Å². The zero-order chi connectivity index (χ0) is 21.8. The molecule has 0 aromatic carbocycles. The Morgan fingerprint density at radius 2 is 0.452 bits per heavy atom. The van der Waals surface area contributed by atoms with Crippen LogP contribution in [0.25, 0.3) is 0 Å². The average molecular weight is 501 g/mol. The molecule has 6 nitrogen and oxygen atoms in total. The minimum Gasteiger partial charge on any atom is -0.748 e. The maximum Gasteiger partial charge on any atom is 1.00 e. The molecule has 0 unspecified atom stereocenters. The molecule has 0 radical (unpaired) electrons. The zero-order valence-electron chi connectivity index (χ0n) is 20.1. The molecule has 0 N–H and O–H groups in total. The summed E-state index contributed by atoms with van der Waals surface area (Å²) in [5, 5.41) is 0. The standard InChI is InChI=1S/C21H44O6S2.2Na/c22-28(23,24)20-18-16-14-12-10-8-6-4-2-1-3-5-7-9-11-13-15-17-19-21-29(25,26)27;;/h1-21H2,(H,22,23,24)(H,25,26,27);;/q;2*+1/p-2. The van der Waals surface area contributed by atoms with Gasteiger partial charge in [0, 0.05) is 11.5 Å². The quantitative estimate of drug-likeness (QED) is 0.112. The van der Waals surface area contributed by atoms with E-state index in [0.29, 0.717) is 12.8 Å². The van der Waals surface area contributed by atoms with E-state index in [1.54, 1.807) is 0 Å². The van der Waals surface area contributed by atoms with E-state index in [9.17, 15) is 25.9 Å². The molecule has 10 heteroatoms. The van der Waals surface area contributed by atoms with Crippen LogP contribution in [-0.2, 0) is 20.2 Å². The molecule has 0 rings (SSSR count). The topological polar surface area (TPSA) is 114 Å². The summed E-state index contributed by atoms with van der Waals surface area (Å²) in [6.45, 7) is 0. The van der Waals surface area contributed by atoms with E-state index in [1.807, 2.05) is 0 Å². The first-order chi connectivity index (χ1) is 13.7. The van der Waals surface area contributed by atoms with Crippen molar-refractivity contribution < 1.29 is 85.1 Å². The van der Waals surface area contributed by atoms with Crippen molar-refractivity contribution in [2.24, 2.45) is 0 Å². The normalized spacial score (nSPS) is 11.7. The molecule has 0 amide bonds. The Bertz CT molecular complexity index is 518. The molecule has 0 heterocycles. The molecule has 0 aromatic rings. The molecule has 176 valence electrons. The van der Waals surface area contributed by atoms with Gasteiger partial charge >= 0.3 is 59.1 Å². The first kappa shape index (κ1) is 37.4. The van der Waals surface area contributed by atoms with Crippen LogP contribution in [-0.4, -0.2) is 37.4 Å². The molecular weight excluding hydrogens is 458 g/mol. The van der Waals surface area contributed by atoms with Crippen molar-refractivity contribution in [3.05, 3.63) is 0 Å². The molecule has 0 fully saturated rings. The van der Waals surface area contributed by atoms with Gasteiger partial charge in [0.05, 0.1) is 20.2 Å². The van der Waals surface area contributed by atoms with E-state index in [-0.39, 0.29) is 70.6 Å². The van der Waals surface area contributed by atoms with E-state index in [0.717, 1.165) is 38.5 Å². The molecule has 31 heavy (non-hydrogen) atoms. The fourth-order valence-corrected chi connectivity index (χ4v) is 4.68. The summed E-state index contributed by atoms with van der Waals surface area (Å²) >= 11 is 0. The van der Waals surface area contributed by atoms with Gasteiger partial charge in [0.2, 0.25) is 0 Å². The predicted octanol–water partition coefficient (Wildman–Crippen LogP) is -0.503. The van der Waals surface area contributed by atoms with E-state index in [2.05, 4.69) is 0 Å². The zero-order valence-corrected chi connectivity index (χ0v) is 25.7. The van der Waals surface area contributed by atoms with Crippen LogP contribution in [0.15, 0.2) is 0 Å². The molecule has 0 saturated heterocycles. The summed E-state index contributed by atoms with van der Waals surface area (Å²) in [6.07, 6.45) is 21.0. The van der Waals surface area contributed by atoms with Crippen LogP contribution < -0.4 is 59.1 Å². The van der Waals surface area contributed by atoms with Crippen LogP contribution in [0.1, 0.15) is 122 Å². The van der Waals surface area contributed by atoms with Crippen molar-refractivity contribution in [3.63, 3.8) is 0 Å². The SMILES string of the molecule is O=S(=O)([O-])CCCCCCCCCCCCCCCCCCCCCS(=O)(=O)[O-].[Na+].[Na+]. The molecular formula is C21H42Na2O6S2. The third-order valence-electron chi connectivity index (χ3n) is 5.29. The van der Waals surface area contributed by atoms with E-state index in [1.165, 1.54) is 70.6 Å². The molecule has 0 aliphatic rings. The van der Waals surface area contributed by atoms with Gasteiger partial charge in [-0.15, -0.1) is 0 Å². The average Bonchev–Trinajstić information content (AvgIpc) is 2.61. The van der Waals surface area contributed by atoms with Gasteiger partial charge in [-0.05, 0) is 12.8 Å². The number of rotatable bonds is 22. The van der Waals surface area contributed by atoms with Gasteiger partial charge in [-0.3, -0.25) is 0 Å². The van der Waals surface area contributed by atoms with Crippen LogP contribution in [0, 0.1) is 0 Å². The Labute approximate surface area is 236 Å². The minimum absolute atomic E-state index is 0. The summed E-state index contributed by atoms with van der Waals surface area (Å²) in [6, 6.07) is 0. The second-order valence-electron chi connectivity index (χ2n) is 8.24. The van der Waals surface area contributed by atoms with Crippen molar-refractivity contribution in [3.8, 4) is 0 Å². The fourth-order valence-electron chi connectivity index (χ4n) is 3.56. The Balaban J connectivity index is -0.00000392. The van der Waals surface area contributed by atoms with Crippen molar-refractivity contribution in [2.45, 2.75) is 122 Å². The number of hydrogen-bond acceptors (Lipinski definition) is 6. The largest absolute Gasteiger partial charge is 1.00 e. The van der Waals surface area contributed by atoms with E-state index < -0.39 is 20.2 Å². The summed E-state index contributed by atoms with van der Waals surface area (Å²) in [4.78, 5) is 0. The third kappa shape index (κ3) is 36.6. The van der Waals surface area contributed by atoms with Crippen LogP contribution >= 0.6 is 0 Å². The Morgan fingerprint density at radius 3 is 0.581 bits per heavy atom. The molecule has 0 aliphatic carbocycles. The Hall–Kier alpha value is 1.82. The van der Waals surface area contributed by atoms with E-state index >= 15 is 0 Å². The second-order valence-corrected chi connectivity index (χ2v) is 11.3.